The lowest BCUT2D eigenvalue weighted by Gasteiger charge is -2.24. The van der Waals surface area contributed by atoms with Crippen molar-refractivity contribution in [2.75, 3.05) is 36.1 Å². The van der Waals surface area contributed by atoms with E-state index >= 15 is 0 Å². The minimum absolute atomic E-state index is 0.0667. The Morgan fingerprint density at radius 2 is 1.62 bits per heavy atom. The van der Waals surface area contributed by atoms with E-state index in [-0.39, 0.29) is 29.4 Å². The van der Waals surface area contributed by atoms with Gasteiger partial charge in [0.1, 0.15) is 0 Å². The van der Waals surface area contributed by atoms with Crippen molar-refractivity contribution in [2.24, 2.45) is 0 Å². The Hall–Kier alpha value is -2.86. The van der Waals surface area contributed by atoms with E-state index in [1.165, 1.54) is 0 Å². The van der Waals surface area contributed by atoms with Crippen molar-refractivity contribution >= 4 is 28.6 Å². The average Bonchev–Trinajstić information content (AvgIpc) is 2.60. The Labute approximate surface area is 139 Å². The van der Waals surface area contributed by atoms with Crippen LogP contribution in [-0.4, -0.2) is 36.4 Å². The molecule has 0 fully saturated rings. The first kappa shape index (κ1) is 16.0. The standard InChI is InChI=1S/C18H19N3O3/c1-2-20-12-9-13(21-7-8-22)16(19)15-14(12)17(23)10-5-3-4-6-11(10)18(15)24/h3-6,9,20-22H,2,7-8,19H2,1H3. The number of nitrogen functional groups attached to an aromatic ring is 1. The van der Waals surface area contributed by atoms with Crippen LogP contribution in [0.4, 0.5) is 17.1 Å². The molecule has 1 aliphatic carbocycles. The Balaban J connectivity index is 2.25. The van der Waals surface area contributed by atoms with Crippen LogP contribution in [-0.2, 0) is 0 Å². The molecule has 0 spiro atoms. The van der Waals surface area contributed by atoms with Gasteiger partial charge < -0.3 is 21.5 Å². The smallest absolute Gasteiger partial charge is 0.196 e. The molecule has 0 saturated heterocycles. The number of aliphatic hydroxyl groups excluding tert-OH is 1. The maximum Gasteiger partial charge on any atom is 0.196 e. The van der Waals surface area contributed by atoms with Gasteiger partial charge in [-0.1, -0.05) is 24.3 Å². The van der Waals surface area contributed by atoms with Gasteiger partial charge in [-0.05, 0) is 13.0 Å². The Morgan fingerprint density at radius 1 is 1.00 bits per heavy atom. The molecule has 2 aromatic rings. The number of nitrogens with one attached hydrogen (secondary N) is 2. The van der Waals surface area contributed by atoms with Gasteiger partial charge in [-0.3, -0.25) is 9.59 Å². The van der Waals surface area contributed by atoms with Crippen molar-refractivity contribution in [2.45, 2.75) is 6.92 Å². The zero-order chi connectivity index (χ0) is 17.3. The lowest BCUT2D eigenvalue weighted by molar-refractivity contribution is 0.0980. The predicted octanol–water partition coefficient (Wildman–Crippen LogP) is 1.88. The predicted molar refractivity (Wildman–Crippen MR) is 93.9 cm³/mol. The number of rotatable bonds is 5. The fraction of sp³-hybridized carbons (Fsp3) is 0.222. The van der Waals surface area contributed by atoms with Crippen molar-refractivity contribution in [3.05, 3.63) is 52.6 Å². The number of benzene rings is 2. The fourth-order valence-electron chi connectivity index (χ4n) is 2.99. The fourth-order valence-corrected chi connectivity index (χ4v) is 2.99. The zero-order valence-corrected chi connectivity index (χ0v) is 13.3. The Bertz CT molecular complexity index is 830. The van der Waals surface area contributed by atoms with Crippen LogP contribution in [0.5, 0.6) is 0 Å². The first-order valence-electron chi connectivity index (χ1n) is 7.83. The summed E-state index contributed by atoms with van der Waals surface area (Å²) in [6, 6.07) is 8.47. The van der Waals surface area contributed by atoms with Crippen LogP contribution < -0.4 is 16.4 Å². The second-order valence-electron chi connectivity index (χ2n) is 5.52. The Kier molecular flexibility index (Phi) is 4.22. The minimum Gasteiger partial charge on any atom is -0.396 e. The normalized spacial score (nSPS) is 12.6. The van der Waals surface area contributed by atoms with Crippen molar-refractivity contribution in [1.29, 1.82) is 0 Å². The SMILES string of the molecule is CCNc1cc(NCCO)c(N)c2c1C(=O)c1ccccc1C2=O. The molecule has 1 aliphatic rings. The molecular formula is C18H19N3O3. The third-order valence-electron chi connectivity index (χ3n) is 4.03. The van der Waals surface area contributed by atoms with E-state index in [1.807, 2.05) is 6.92 Å². The van der Waals surface area contributed by atoms with Crippen LogP contribution in [0.1, 0.15) is 38.8 Å². The molecule has 6 nitrogen and oxygen atoms in total. The molecule has 0 amide bonds. The molecule has 0 saturated carbocycles. The third kappa shape index (κ3) is 2.41. The second-order valence-corrected chi connectivity index (χ2v) is 5.52. The van der Waals surface area contributed by atoms with E-state index in [0.29, 0.717) is 41.2 Å². The summed E-state index contributed by atoms with van der Waals surface area (Å²) >= 11 is 0. The molecule has 3 rings (SSSR count). The van der Waals surface area contributed by atoms with E-state index in [4.69, 9.17) is 10.8 Å². The average molecular weight is 325 g/mol. The van der Waals surface area contributed by atoms with Gasteiger partial charge in [-0.15, -0.1) is 0 Å². The highest BCUT2D eigenvalue weighted by Gasteiger charge is 2.34. The van der Waals surface area contributed by atoms with Crippen molar-refractivity contribution in [1.82, 2.24) is 0 Å². The number of carbonyl (C=O) groups is 2. The number of hydrogen-bond acceptors (Lipinski definition) is 6. The quantitative estimate of drug-likeness (QED) is 0.534. The molecule has 124 valence electrons. The number of nitrogens with two attached hydrogens (primary N) is 1. The molecule has 0 radical (unpaired) electrons. The number of hydrogen-bond donors (Lipinski definition) is 4. The summed E-state index contributed by atoms with van der Waals surface area (Å²) in [5.41, 5.74) is 8.79. The highest BCUT2D eigenvalue weighted by molar-refractivity contribution is 6.32. The molecule has 0 bridgehead atoms. The van der Waals surface area contributed by atoms with E-state index in [9.17, 15) is 9.59 Å². The van der Waals surface area contributed by atoms with Crippen LogP contribution >= 0.6 is 0 Å². The van der Waals surface area contributed by atoms with Crippen LogP contribution in [0.15, 0.2) is 30.3 Å². The van der Waals surface area contributed by atoms with Crippen molar-refractivity contribution < 1.29 is 14.7 Å². The maximum atomic E-state index is 12.9. The molecule has 0 aromatic heterocycles. The Morgan fingerprint density at radius 3 is 2.21 bits per heavy atom. The molecule has 6 heteroatoms. The molecule has 0 aliphatic heterocycles. The van der Waals surface area contributed by atoms with Crippen molar-refractivity contribution in [3.63, 3.8) is 0 Å². The summed E-state index contributed by atoms with van der Waals surface area (Å²) < 4.78 is 0. The summed E-state index contributed by atoms with van der Waals surface area (Å²) in [5.74, 6) is -0.471. The maximum absolute atomic E-state index is 12.9. The van der Waals surface area contributed by atoms with Gasteiger partial charge >= 0.3 is 0 Å². The van der Waals surface area contributed by atoms with Crippen LogP contribution in [0, 0.1) is 0 Å². The molecule has 24 heavy (non-hydrogen) atoms. The number of carbonyl (C=O) groups excluding carboxylic acids is 2. The number of anilines is 3. The second kappa shape index (κ2) is 6.33. The molecular weight excluding hydrogens is 306 g/mol. The molecule has 0 atom stereocenters. The lowest BCUT2D eigenvalue weighted by Crippen LogP contribution is -2.25. The van der Waals surface area contributed by atoms with Gasteiger partial charge in [0.15, 0.2) is 11.6 Å². The van der Waals surface area contributed by atoms with E-state index in [2.05, 4.69) is 10.6 Å². The lowest BCUT2D eigenvalue weighted by atomic mass is 9.82. The molecule has 0 heterocycles. The summed E-state index contributed by atoms with van der Waals surface area (Å²) in [7, 11) is 0. The largest absolute Gasteiger partial charge is 0.396 e. The highest BCUT2D eigenvalue weighted by atomic mass is 16.3. The number of ketones is 2. The summed E-state index contributed by atoms with van der Waals surface area (Å²) in [5, 5.41) is 15.1. The van der Waals surface area contributed by atoms with E-state index in [1.54, 1.807) is 30.3 Å². The van der Waals surface area contributed by atoms with Gasteiger partial charge in [0.05, 0.1) is 29.1 Å². The monoisotopic (exact) mass is 325 g/mol. The first-order valence-corrected chi connectivity index (χ1v) is 7.83. The number of aliphatic hydroxyl groups is 1. The molecule has 2 aromatic carbocycles. The molecule has 0 unspecified atom stereocenters. The van der Waals surface area contributed by atoms with Gasteiger partial charge in [0.25, 0.3) is 0 Å². The number of fused-ring (bicyclic) bond motifs is 2. The van der Waals surface area contributed by atoms with Crippen LogP contribution in [0.3, 0.4) is 0 Å². The van der Waals surface area contributed by atoms with Gasteiger partial charge in [0, 0.05) is 29.9 Å². The van der Waals surface area contributed by atoms with E-state index < -0.39 is 0 Å². The van der Waals surface area contributed by atoms with E-state index in [0.717, 1.165) is 0 Å². The zero-order valence-electron chi connectivity index (χ0n) is 13.3. The van der Waals surface area contributed by atoms with Gasteiger partial charge in [-0.2, -0.15) is 0 Å². The summed E-state index contributed by atoms with van der Waals surface area (Å²) in [6.07, 6.45) is 0. The summed E-state index contributed by atoms with van der Waals surface area (Å²) in [6.45, 7) is 2.74. The third-order valence-corrected chi connectivity index (χ3v) is 4.03. The van der Waals surface area contributed by atoms with Gasteiger partial charge in [-0.25, -0.2) is 0 Å². The van der Waals surface area contributed by atoms with Crippen LogP contribution in [0.2, 0.25) is 0 Å². The summed E-state index contributed by atoms with van der Waals surface area (Å²) in [4.78, 5) is 25.8. The van der Waals surface area contributed by atoms with Crippen molar-refractivity contribution in [3.8, 4) is 0 Å². The molecule has 5 N–H and O–H groups in total. The van der Waals surface area contributed by atoms with Gasteiger partial charge in [0.2, 0.25) is 0 Å². The topological polar surface area (TPSA) is 104 Å². The van der Waals surface area contributed by atoms with Crippen LogP contribution in [0.25, 0.3) is 0 Å². The highest BCUT2D eigenvalue weighted by Crippen LogP contribution is 2.39. The first-order chi connectivity index (χ1) is 11.6. The minimum atomic E-state index is -0.260.